The van der Waals surface area contributed by atoms with E-state index in [-0.39, 0.29) is 8.46 Å². The van der Waals surface area contributed by atoms with E-state index in [1.165, 1.54) is 88.2 Å². The average molecular weight is 349 g/mol. The first-order valence-electron chi connectivity index (χ1n) is 10.3. The van der Waals surface area contributed by atoms with Gasteiger partial charge in [0.15, 0.2) is 8.46 Å². The van der Waals surface area contributed by atoms with Crippen LogP contribution in [0, 0.1) is 0 Å². The van der Waals surface area contributed by atoms with Crippen LogP contribution >= 0.6 is 8.46 Å². The summed E-state index contributed by atoms with van der Waals surface area (Å²) in [6.07, 6.45) is 18.2. The Hall–Kier alpha value is -0.680. The lowest BCUT2D eigenvalue weighted by Gasteiger charge is -2.12. The molecule has 0 atom stereocenters. The van der Waals surface area contributed by atoms with Crippen molar-refractivity contribution in [3.63, 3.8) is 0 Å². The van der Waals surface area contributed by atoms with Crippen LogP contribution in [0.4, 0.5) is 0 Å². The van der Waals surface area contributed by atoms with Crippen LogP contribution in [0.1, 0.15) is 102 Å². The Morgan fingerprint density at radius 2 is 1.25 bits per heavy atom. The van der Waals surface area contributed by atoms with Gasteiger partial charge in [-0.25, -0.2) is 0 Å². The Labute approximate surface area is 151 Å². The molecule has 1 nitrogen and oxygen atoms in total. The standard InChI is InChI=1S/C22H37OP/c1-3-5-7-9-11-13-16-20-17-15-19-22(24-23)21(20)18-14-12-10-8-6-4-2/h15,17,19H,3-14,16,18H2,1-2H3. The van der Waals surface area contributed by atoms with Gasteiger partial charge in [-0.2, -0.15) is 0 Å². The molecular formula is C22H37OP. The maximum absolute atomic E-state index is 11.5. The molecule has 0 aromatic heterocycles. The zero-order valence-electron chi connectivity index (χ0n) is 16.0. The summed E-state index contributed by atoms with van der Waals surface area (Å²) < 4.78 is 11.5. The van der Waals surface area contributed by atoms with Gasteiger partial charge in [0, 0.05) is 5.30 Å². The van der Waals surface area contributed by atoms with Gasteiger partial charge in [0.2, 0.25) is 0 Å². The van der Waals surface area contributed by atoms with E-state index in [1.54, 1.807) is 0 Å². The van der Waals surface area contributed by atoms with Gasteiger partial charge in [-0.1, -0.05) is 90.2 Å². The van der Waals surface area contributed by atoms with Gasteiger partial charge in [0.1, 0.15) is 0 Å². The predicted molar refractivity (Wildman–Crippen MR) is 108 cm³/mol. The number of hydrogen-bond donors (Lipinski definition) is 0. The van der Waals surface area contributed by atoms with Crippen LogP contribution in [0.15, 0.2) is 18.2 Å². The molecule has 2 heteroatoms. The number of unbranched alkanes of at least 4 members (excludes halogenated alkanes) is 10. The topological polar surface area (TPSA) is 17.1 Å². The lowest BCUT2D eigenvalue weighted by atomic mass is 9.96. The van der Waals surface area contributed by atoms with Gasteiger partial charge >= 0.3 is 0 Å². The van der Waals surface area contributed by atoms with Crippen molar-refractivity contribution in [3.05, 3.63) is 29.3 Å². The predicted octanol–water partition coefficient (Wildman–Crippen LogP) is 7.41. The fraction of sp³-hybridized carbons (Fsp3) is 0.727. The Balaban J connectivity index is 2.44. The van der Waals surface area contributed by atoms with E-state index in [2.05, 4.69) is 26.0 Å². The molecule has 0 unspecified atom stereocenters. The fourth-order valence-electron chi connectivity index (χ4n) is 3.41. The fourth-order valence-corrected chi connectivity index (χ4v) is 3.92. The lowest BCUT2D eigenvalue weighted by molar-refractivity contribution is 0.597. The van der Waals surface area contributed by atoms with Crippen molar-refractivity contribution in [3.8, 4) is 0 Å². The first kappa shape index (κ1) is 21.4. The maximum atomic E-state index is 11.5. The van der Waals surface area contributed by atoms with E-state index in [1.807, 2.05) is 6.07 Å². The summed E-state index contributed by atoms with van der Waals surface area (Å²) in [4.78, 5) is 0. The highest BCUT2D eigenvalue weighted by atomic mass is 31.1. The molecule has 0 saturated heterocycles. The summed E-state index contributed by atoms with van der Waals surface area (Å²) in [5.41, 5.74) is 2.82. The second kappa shape index (κ2) is 14.6. The van der Waals surface area contributed by atoms with Crippen LogP contribution < -0.4 is 5.30 Å². The Bertz CT molecular complexity index is 442. The third kappa shape index (κ3) is 8.97. The van der Waals surface area contributed by atoms with E-state index in [9.17, 15) is 4.57 Å². The molecule has 1 aromatic carbocycles. The second-order valence-corrected chi connectivity index (χ2v) is 7.71. The Morgan fingerprint density at radius 3 is 1.83 bits per heavy atom. The van der Waals surface area contributed by atoms with Gasteiger partial charge in [0.25, 0.3) is 0 Å². The monoisotopic (exact) mass is 348 g/mol. The normalized spacial score (nSPS) is 11.2. The molecule has 0 aliphatic heterocycles. The molecule has 0 fully saturated rings. The van der Waals surface area contributed by atoms with Crippen molar-refractivity contribution in [1.29, 1.82) is 0 Å². The SMILES string of the molecule is CCCCCCCCc1cccc(P=O)c1CCCCCCCC. The third-order valence-corrected chi connectivity index (χ3v) is 5.54. The van der Waals surface area contributed by atoms with Crippen molar-refractivity contribution in [2.45, 2.75) is 104 Å². The molecule has 0 aliphatic carbocycles. The van der Waals surface area contributed by atoms with Gasteiger partial charge in [-0.3, -0.25) is 4.57 Å². The average Bonchev–Trinajstić information content (AvgIpc) is 2.61. The number of hydrogen-bond acceptors (Lipinski definition) is 1. The Morgan fingerprint density at radius 1 is 0.708 bits per heavy atom. The summed E-state index contributed by atoms with van der Waals surface area (Å²) in [6.45, 7) is 4.53. The first-order valence-corrected chi connectivity index (χ1v) is 11.1. The molecule has 24 heavy (non-hydrogen) atoms. The zero-order valence-corrected chi connectivity index (χ0v) is 16.9. The highest BCUT2D eigenvalue weighted by Crippen LogP contribution is 2.18. The summed E-state index contributed by atoms with van der Waals surface area (Å²) in [5.74, 6) is 0. The van der Waals surface area contributed by atoms with E-state index in [4.69, 9.17) is 0 Å². The van der Waals surface area contributed by atoms with Gasteiger partial charge in [-0.15, -0.1) is 0 Å². The molecule has 0 N–H and O–H groups in total. The first-order chi connectivity index (χ1) is 11.8. The van der Waals surface area contributed by atoms with Gasteiger partial charge in [-0.05, 0) is 42.9 Å². The van der Waals surface area contributed by atoms with Crippen molar-refractivity contribution in [2.75, 3.05) is 0 Å². The summed E-state index contributed by atoms with van der Waals surface area (Å²) in [5, 5.41) is 1.02. The van der Waals surface area contributed by atoms with Crippen LogP contribution in [0.5, 0.6) is 0 Å². The van der Waals surface area contributed by atoms with Crippen molar-refractivity contribution >= 4 is 13.8 Å². The molecule has 0 saturated carbocycles. The van der Waals surface area contributed by atoms with Crippen LogP contribution in [-0.4, -0.2) is 0 Å². The molecule has 0 aliphatic rings. The van der Waals surface area contributed by atoms with Gasteiger partial charge in [0.05, 0.1) is 0 Å². The highest BCUT2D eigenvalue weighted by molar-refractivity contribution is 7.34. The zero-order chi connectivity index (χ0) is 17.5. The molecule has 136 valence electrons. The summed E-state index contributed by atoms with van der Waals surface area (Å²) in [6, 6.07) is 6.37. The minimum absolute atomic E-state index is 0.187. The molecular weight excluding hydrogens is 311 g/mol. The highest BCUT2D eigenvalue weighted by Gasteiger charge is 2.08. The van der Waals surface area contributed by atoms with Crippen LogP contribution in [0.25, 0.3) is 0 Å². The number of benzene rings is 1. The second-order valence-electron chi connectivity index (χ2n) is 7.04. The van der Waals surface area contributed by atoms with Crippen LogP contribution in [0.3, 0.4) is 0 Å². The van der Waals surface area contributed by atoms with Crippen molar-refractivity contribution < 1.29 is 4.57 Å². The molecule has 0 bridgehead atoms. The molecule has 0 amide bonds. The minimum Gasteiger partial charge on any atom is -0.269 e. The molecule has 0 radical (unpaired) electrons. The van der Waals surface area contributed by atoms with E-state index >= 15 is 0 Å². The molecule has 0 spiro atoms. The van der Waals surface area contributed by atoms with Crippen LogP contribution in [0.2, 0.25) is 0 Å². The Kier molecular flexibility index (Phi) is 13.0. The smallest absolute Gasteiger partial charge is 0.192 e. The van der Waals surface area contributed by atoms with E-state index in [0.717, 1.165) is 18.1 Å². The molecule has 1 rings (SSSR count). The van der Waals surface area contributed by atoms with Crippen LogP contribution in [-0.2, 0) is 17.4 Å². The molecule has 0 heterocycles. The lowest BCUT2D eigenvalue weighted by Crippen LogP contribution is -2.07. The summed E-state index contributed by atoms with van der Waals surface area (Å²) in [7, 11) is 0.187. The number of rotatable bonds is 15. The quantitative estimate of drug-likeness (QED) is 0.238. The summed E-state index contributed by atoms with van der Waals surface area (Å²) >= 11 is 0. The maximum Gasteiger partial charge on any atom is 0.192 e. The van der Waals surface area contributed by atoms with E-state index in [0.29, 0.717) is 0 Å². The van der Waals surface area contributed by atoms with Crippen molar-refractivity contribution in [2.24, 2.45) is 0 Å². The van der Waals surface area contributed by atoms with Crippen molar-refractivity contribution in [1.82, 2.24) is 0 Å². The van der Waals surface area contributed by atoms with E-state index < -0.39 is 0 Å². The minimum atomic E-state index is 0.187. The third-order valence-electron chi connectivity index (χ3n) is 4.93. The largest absolute Gasteiger partial charge is 0.269 e. The number of aryl methyl sites for hydroxylation is 1. The van der Waals surface area contributed by atoms with Gasteiger partial charge < -0.3 is 0 Å². The molecule has 1 aromatic rings.